The van der Waals surface area contributed by atoms with Crippen LogP contribution in [0.4, 0.5) is 5.69 Å². The topological polar surface area (TPSA) is 32.8 Å². The number of halogens is 1. The zero-order valence-corrected chi connectivity index (χ0v) is 16.0. The van der Waals surface area contributed by atoms with Gasteiger partial charge in [-0.15, -0.1) is 0 Å². The number of nitrogens with zero attached hydrogens (tertiary/aromatic N) is 2. The predicted octanol–water partition coefficient (Wildman–Crippen LogP) is 4.21. The Labute approximate surface area is 160 Å². The molecule has 1 aromatic rings. The lowest BCUT2D eigenvalue weighted by Crippen LogP contribution is -2.53. The fourth-order valence-corrected chi connectivity index (χ4v) is 5.98. The van der Waals surface area contributed by atoms with Gasteiger partial charge >= 0.3 is 0 Å². The van der Waals surface area contributed by atoms with Gasteiger partial charge in [-0.2, -0.15) is 0 Å². The van der Waals surface area contributed by atoms with E-state index >= 15 is 0 Å². The van der Waals surface area contributed by atoms with Crippen LogP contribution in [0.15, 0.2) is 12.1 Å². The van der Waals surface area contributed by atoms with Crippen LogP contribution in [0.1, 0.15) is 56.4 Å². The van der Waals surface area contributed by atoms with Crippen LogP contribution in [0.2, 0.25) is 5.02 Å². The highest BCUT2D eigenvalue weighted by molar-refractivity contribution is 6.31. The summed E-state index contributed by atoms with van der Waals surface area (Å²) in [7, 11) is 0. The summed E-state index contributed by atoms with van der Waals surface area (Å²) in [6.45, 7) is 3.41. The van der Waals surface area contributed by atoms with Gasteiger partial charge in [0, 0.05) is 29.7 Å². The summed E-state index contributed by atoms with van der Waals surface area (Å²) in [4.78, 5) is 16.7. The Kier molecular flexibility index (Phi) is 4.36. The maximum atomic E-state index is 12.2. The quantitative estimate of drug-likeness (QED) is 0.743. The first-order valence-corrected chi connectivity index (χ1v) is 10.6. The molecule has 3 heterocycles. The van der Waals surface area contributed by atoms with Crippen molar-refractivity contribution in [1.82, 2.24) is 4.90 Å². The molecule has 1 aromatic carbocycles. The zero-order valence-electron chi connectivity index (χ0n) is 15.2. The van der Waals surface area contributed by atoms with Crippen molar-refractivity contribution >= 4 is 23.7 Å². The third-order valence-corrected chi connectivity index (χ3v) is 7.21. The van der Waals surface area contributed by atoms with Gasteiger partial charge in [0.05, 0.1) is 11.8 Å². The SMILES string of the molecule is O=CN(c1cc(Cl)cc2c1OC1CCCC2C1)C1CCN2CCCC1C2. The minimum absolute atomic E-state index is 0.261. The molecule has 4 aliphatic rings. The molecule has 2 saturated heterocycles. The summed E-state index contributed by atoms with van der Waals surface area (Å²) in [5.74, 6) is 2.01. The van der Waals surface area contributed by atoms with E-state index < -0.39 is 0 Å². The summed E-state index contributed by atoms with van der Waals surface area (Å²) in [6, 6.07) is 4.28. The molecule has 26 heavy (non-hydrogen) atoms. The van der Waals surface area contributed by atoms with E-state index in [2.05, 4.69) is 11.0 Å². The molecule has 1 aliphatic carbocycles. The van der Waals surface area contributed by atoms with E-state index in [1.165, 1.54) is 37.8 Å². The van der Waals surface area contributed by atoms with Crippen molar-refractivity contribution in [2.75, 3.05) is 24.5 Å². The third kappa shape index (κ3) is 2.82. The van der Waals surface area contributed by atoms with E-state index in [-0.39, 0.29) is 6.04 Å². The molecule has 1 saturated carbocycles. The van der Waals surface area contributed by atoms with Crippen molar-refractivity contribution < 1.29 is 9.53 Å². The van der Waals surface area contributed by atoms with Gasteiger partial charge in [-0.1, -0.05) is 11.6 Å². The van der Waals surface area contributed by atoms with Gasteiger partial charge in [-0.05, 0) is 75.5 Å². The first kappa shape index (κ1) is 16.9. The van der Waals surface area contributed by atoms with Crippen LogP contribution in [-0.4, -0.2) is 43.1 Å². The highest BCUT2D eigenvalue weighted by Gasteiger charge is 2.39. The van der Waals surface area contributed by atoms with Crippen LogP contribution >= 0.6 is 11.6 Å². The van der Waals surface area contributed by atoms with Crippen LogP contribution < -0.4 is 9.64 Å². The maximum Gasteiger partial charge on any atom is 0.214 e. The number of carbonyl (C=O) groups excluding carboxylic acids is 1. The Bertz CT molecular complexity index is 709. The number of fused-ring (bicyclic) bond motifs is 6. The average Bonchev–Trinajstić information content (AvgIpc) is 2.65. The zero-order chi connectivity index (χ0) is 17.7. The molecule has 5 atom stereocenters. The second-order valence-corrected chi connectivity index (χ2v) is 8.95. The molecule has 3 aliphatic heterocycles. The molecule has 3 fully saturated rings. The van der Waals surface area contributed by atoms with Crippen molar-refractivity contribution in [1.29, 1.82) is 0 Å². The van der Waals surface area contributed by atoms with Crippen LogP contribution in [0, 0.1) is 5.92 Å². The van der Waals surface area contributed by atoms with E-state index in [1.54, 1.807) is 0 Å². The molecule has 0 radical (unpaired) electrons. The van der Waals surface area contributed by atoms with Gasteiger partial charge in [0.25, 0.3) is 0 Å². The lowest BCUT2D eigenvalue weighted by atomic mass is 9.79. The van der Waals surface area contributed by atoms with Gasteiger partial charge in [0.15, 0.2) is 0 Å². The number of amides is 1. The van der Waals surface area contributed by atoms with Gasteiger partial charge in [0.2, 0.25) is 6.41 Å². The summed E-state index contributed by atoms with van der Waals surface area (Å²) in [5, 5.41) is 0.722. The highest BCUT2D eigenvalue weighted by atomic mass is 35.5. The Morgan fingerprint density at radius 3 is 2.96 bits per heavy atom. The van der Waals surface area contributed by atoms with E-state index in [0.29, 0.717) is 17.9 Å². The van der Waals surface area contributed by atoms with Crippen LogP contribution in [0.25, 0.3) is 0 Å². The van der Waals surface area contributed by atoms with Crippen LogP contribution in [-0.2, 0) is 4.79 Å². The third-order valence-electron chi connectivity index (χ3n) is 6.99. The molecule has 5 rings (SSSR count). The van der Waals surface area contributed by atoms with E-state index in [1.807, 2.05) is 11.0 Å². The number of rotatable bonds is 3. The number of anilines is 1. The number of piperidine rings is 2. The first-order chi connectivity index (χ1) is 12.7. The molecule has 4 bridgehead atoms. The molecule has 5 heteroatoms. The number of hydrogen-bond acceptors (Lipinski definition) is 3. The van der Waals surface area contributed by atoms with Crippen LogP contribution in [0.3, 0.4) is 0 Å². The minimum atomic E-state index is 0.261. The Balaban J connectivity index is 1.54. The second-order valence-electron chi connectivity index (χ2n) is 8.52. The lowest BCUT2D eigenvalue weighted by molar-refractivity contribution is -0.108. The van der Waals surface area contributed by atoms with Crippen molar-refractivity contribution in [2.24, 2.45) is 5.92 Å². The van der Waals surface area contributed by atoms with Crippen molar-refractivity contribution in [2.45, 2.75) is 63.0 Å². The van der Waals surface area contributed by atoms with E-state index in [9.17, 15) is 4.79 Å². The monoisotopic (exact) mass is 374 g/mol. The summed E-state index contributed by atoms with van der Waals surface area (Å²) >= 11 is 6.50. The number of carbonyl (C=O) groups is 1. The number of hydrogen-bond donors (Lipinski definition) is 0. The second kappa shape index (κ2) is 6.72. The van der Waals surface area contributed by atoms with E-state index in [0.717, 1.165) is 55.2 Å². The fourth-order valence-electron chi connectivity index (χ4n) is 5.76. The fraction of sp³-hybridized carbons (Fsp3) is 0.667. The summed E-state index contributed by atoms with van der Waals surface area (Å²) < 4.78 is 6.40. The Hall–Kier alpha value is -1.26. The van der Waals surface area contributed by atoms with Gasteiger partial charge in [-0.3, -0.25) is 4.79 Å². The molecule has 1 amide bonds. The molecule has 0 N–H and O–H groups in total. The lowest BCUT2D eigenvalue weighted by Gasteiger charge is -2.46. The van der Waals surface area contributed by atoms with Crippen molar-refractivity contribution in [3.63, 3.8) is 0 Å². The van der Waals surface area contributed by atoms with Gasteiger partial charge in [0.1, 0.15) is 5.75 Å². The summed E-state index contributed by atoms with van der Waals surface area (Å²) in [5.41, 5.74) is 2.12. The van der Waals surface area contributed by atoms with Crippen LogP contribution in [0.5, 0.6) is 5.75 Å². The number of benzene rings is 1. The van der Waals surface area contributed by atoms with Crippen molar-refractivity contribution in [3.05, 3.63) is 22.7 Å². The molecular weight excluding hydrogens is 348 g/mol. The smallest absolute Gasteiger partial charge is 0.214 e. The molecule has 0 aromatic heterocycles. The molecular formula is C21H27ClN2O2. The molecule has 4 nitrogen and oxygen atoms in total. The molecule has 5 unspecified atom stereocenters. The largest absolute Gasteiger partial charge is 0.488 e. The predicted molar refractivity (Wildman–Crippen MR) is 103 cm³/mol. The standard InChI is InChI=1S/C21H27ClN2O2/c22-16-10-18-14-3-1-5-17(9-14)26-21(18)20(11-16)24(13-25)19-6-8-23-7-2-4-15(19)12-23/h10-11,13-15,17,19H,1-9,12H2. The molecule has 0 spiro atoms. The maximum absolute atomic E-state index is 12.2. The molecule has 140 valence electrons. The van der Waals surface area contributed by atoms with E-state index in [4.69, 9.17) is 16.3 Å². The normalized spacial score (nSPS) is 35.2. The Morgan fingerprint density at radius 2 is 2.08 bits per heavy atom. The average molecular weight is 375 g/mol. The first-order valence-electron chi connectivity index (χ1n) is 10.2. The minimum Gasteiger partial charge on any atom is -0.488 e. The van der Waals surface area contributed by atoms with Gasteiger partial charge < -0.3 is 14.5 Å². The summed E-state index contributed by atoms with van der Waals surface area (Å²) in [6.07, 6.45) is 9.44. The highest BCUT2D eigenvalue weighted by Crippen LogP contribution is 2.50. The Morgan fingerprint density at radius 1 is 1.15 bits per heavy atom. The van der Waals surface area contributed by atoms with Gasteiger partial charge in [-0.25, -0.2) is 0 Å². The van der Waals surface area contributed by atoms with Crippen molar-refractivity contribution in [3.8, 4) is 5.75 Å². The number of ether oxygens (including phenoxy) is 1.